The molecule has 3 aromatic carbocycles. The van der Waals surface area contributed by atoms with Gasteiger partial charge in [0.15, 0.2) is 0 Å². The minimum absolute atomic E-state index is 0.998. The third kappa shape index (κ3) is 4.16. The molecule has 0 atom stereocenters. The highest BCUT2D eigenvalue weighted by Gasteiger charge is 2.09. The first-order chi connectivity index (χ1) is 13.8. The Morgan fingerprint density at radius 1 is 0.500 bits per heavy atom. The second-order valence-corrected chi connectivity index (χ2v) is 8.21. The molecule has 0 saturated carbocycles. The summed E-state index contributed by atoms with van der Waals surface area (Å²) < 4.78 is 0. The highest BCUT2D eigenvalue weighted by molar-refractivity contribution is 7.98. The Hall–Kier alpha value is -2.49. The fourth-order valence-corrected chi connectivity index (χ4v) is 3.96. The summed E-state index contributed by atoms with van der Waals surface area (Å²) in [6.45, 7) is 0. The zero-order chi connectivity index (χ0) is 19.3. The van der Waals surface area contributed by atoms with Crippen molar-refractivity contribution in [3.05, 3.63) is 91.0 Å². The van der Waals surface area contributed by atoms with E-state index in [9.17, 15) is 0 Å². The second kappa shape index (κ2) is 8.68. The molecule has 3 heteroatoms. The van der Waals surface area contributed by atoms with Gasteiger partial charge in [-0.1, -0.05) is 54.6 Å². The van der Waals surface area contributed by atoms with Crippen LogP contribution in [0, 0.1) is 0 Å². The maximum Gasteiger partial charge on any atom is 0.0715 e. The van der Waals surface area contributed by atoms with Gasteiger partial charge in [0.05, 0.1) is 11.4 Å². The van der Waals surface area contributed by atoms with Gasteiger partial charge in [-0.25, -0.2) is 4.98 Å². The Kier molecular flexibility index (Phi) is 5.84. The van der Waals surface area contributed by atoms with Crippen LogP contribution in [0.4, 0.5) is 0 Å². The Bertz CT molecular complexity index is 990. The van der Waals surface area contributed by atoms with Gasteiger partial charge in [0.25, 0.3) is 0 Å². The average molecular weight is 400 g/mol. The van der Waals surface area contributed by atoms with Crippen LogP contribution >= 0.6 is 23.5 Å². The van der Waals surface area contributed by atoms with Crippen LogP contribution in [0.2, 0.25) is 0 Å². The van der Waals surface area contributed by atoms with Crippen molar-refractivity contribution >= 4 is 23.5 Å². The van der Waals surface area contributed by atoms with Gasteiger partial charge in [0, 0.05) is 20.9 Å². The Balaban J connectivity index is 1.84. The molecule has 0 aliphatic carbocycles. The molecule has 4 rings (SSSR count). The molecule has 0 bridgehead atoms. The van der Waals surface area contributed by atoms with E-state index in [2.05, 4.69) is 104 Å². The van der Waals surface area contributed by atoms with Crippen LogP contribution in [0.3, 0.4) is 0 Å². The number of rotatable bonds is 5. The Morgan fingerprint density at radius 2 is 0.964 bits per heavy atom. The van der Waals surface area contributed by atoms with Crippen molar-refractivity contribution in [2.45, 2.75) is 9.79 Å². The van der Waals surface area contributed by atoms with Crippen LogP contribution < -0.4 is 0 Å². The van der Waals surface area contributed by atoms with Crippen LogP contribution in [0.1, 0.15) is 0 Å². The van der Waals surface area contributed by atoms with Gasteiger partial charge in [-0.2, -0.15) is 0 Å². The first kappa shape index (κ1) is 18.9. The smallest absolute Gasteiger partial charge is 0.0715 e. The van der Waals surface area contributed by atoms with E-state index >= 15 is 0 Å². The molecule has 28 heavy (non-hydrogen) atoms. The highest BCUT2D eigenvalue weighted by atomic mass is 32.2. The third-order valence-electron chi connectivity index (χ3n) is 4.70. The van der Waals surface area contributed by atoms with Crippen molar-refractivity contribution in [3.8, 4) is 33.6 Å². The van der Waals surface area contributed by atoms with E-state index in [1.54, 1.807) is 23.5 Å². The van der Waals surface area contributed by atoms with E-state index in [0.29, 0.717) is 0 Å². The van der Waals surface area contributed by atoms with E-state index in [0.717, 1.165) is 22.5 Å². The molecule has 0 spiro atoms. The monoisotopic (exact) mass is 399 g/mol. The van der Waals surface area contributed by atoms with Gasteiger partial charge in [0.1, 0.15) is 0 Å². The van der Waals surface area contributed by atoms with E-state index < -0.39 is 0 Å². The number of thioether (sulfide) groups is 2. The van der Waals surface area contributed by atoms with Crippen LogP contribution in [0.5, 0.6) is 0 Å². The number of hydrogen-bond donors (Lipinski definition) is 0. The molecule has 138 valence electrons. The lowest BCUT2D eigenvalue weighted by Gasteiger charge is -2.11. The lowest BCUT2D eigenvalue weighted by molar-refractivity contribution is 1.31. The summed E-state index contributed by atoms with van der Waals surface area (Å²) in [6.07, 6.45) is 4.19. The fourth-order valence-electron chi connectivity index (χ4n) is 3.15. The number of nitrogens with zero attached hydrogens (tertiary/aromatic N) is 1. The van der Waals surface area contributed by atoms with Crippen LogP contribution in [0.25, 0.3) is 33.6 Å². The van der Waals surface area contributed by atoms with Gasteiger partial charge in [-0.05, 0) is 60.0 Å². The predicted molar refractivity (Wildman–Crippen MR) is 124 cm³/mol. The SMILES string of the molecule is CSc1ccc(-c2cc(-c3ccccc3)cc(-c3ccc(SC)cc3)n2)cc1. The normalized spacial score (nSPS) is 10.8. The molecule has 1 heterocycles. The number of benzene rings is 3. The molecule has 1 aromatic heterocycles. The van der Waals surface area contributed by atoms with E-state index in [1.807, 2.05) is 0 Å². The molecule has 0 aliphatic heterocycles. The molecule has 0 aliphatic rings. The molecule has 0 saturated heterocycles. The van der Waals surface area contributed by atoms with Gasteiger partial charge >= 0.3 is 0 Å². The molecule has 4 aromatic rings. The van der Waals surface area contributed by atoms with Crippen LogP contribution in [-0.4, -0.2) is 17.5 Å². The van der Waals surface area contributed by atoms with E-state index in [1.165, 1.54) is 20.9 Å². The van der Waals surface area contributed by atoms with Gasteiger partial charge < -0.3 is 0 Å². The summed E-state index contributed by atoms with van der Waals surface area (Å²) >= 11 is 3.51. The first-order valence-corrected chi connectivity index (χ1v) is 11.6. The minimum atomic E-state index is 0.998. The van der Waals surface area contributed by atoms with Gasteiger partial charge in [0.2, 0.25) is 0 Å². The maximum absolute atomic E-state index is 5.00. The predicted octanol–water partition coefficient (Wildman–Crippen LogP) is 7.53. The van der Waals surface area contributed by atoms with Crippen molar-refractivity contribution in [2.75, 3.05) is 12.5 Å². The number of hydrogen-bond acceptors (Lipinski definition) is 3. The minimum Gasteiger partial charge on any atom is -0.248 e. The van der Waals surface area contributed by atoms with Crippen LogP contribution in [-0.2, 0) is 0 Å². The van der Waals surface area contributed by atoms with Crippen molar-refractivity contribution < 1.29 is 0 Å². The molecular formula is C25H21NS2. The maximum atomic E-state index is 5.00. The van der Waals surface area contributed by atoms with E-state index in [4.69, 9.17) is 4.98 Å². The molecule has 0 amide bonds. The third-order valence-corrected chi connectivity index (χ3v) is 6.19. The zero-order valence-corrected chi connectivity index (χ0v) is 17.6. The Labute approximate surface area is 175 Å². The van der Waals surface area contributed by atoms with Gasteiger partial charge in [-0.15, -0.1) is 23.5 Å². The van der Waals surface area contributed by atoms with Crippen molar-refractivity contribution in [2.24, 2.45) is 0 Å². The summed E-state index contributed by atoms with van der Waals surface area (Å²) in [5, 5.41) is 0. The molecule has 0 N–H and O–H groups in total. The van der Waals surface area contributed by atoms with Crippen molar-refractivity contribution in [1.29, 1.82) is 0 Å². The quantitative estimate of drug-likeness (QED) is 0.322. The first-order valence-electron chi connectivity index (χ1n) is 9.13. The lowest BCUT2D eigenvalue weighted by Crippen LogP contribution is -1.91. The number of aromatic nitrogens is 1. The summed E-state index contributed by atoms with van der Waals surface area (Å²) in [7, 11) is 0. The van der Waals surface area contributed by atoms with E-state index in [-0.39, 0.29) is 0 Å². The largest absolute Gasteiger partial charge is 0.248 e. The summed E-state index contributed by atoms with van der Waals surface area (Å²) in [4.78, 5) is 7.52. The number of pyridine rings is 1. The van der Waals surface area contributed by atoms with Gasteiger partial charge in [-0.3, -0.25) is 0 Å². The van der Waals surface area contributed by atoms with Crippen molar-refractivity contribution in [1.82, 2.24) is 4.98 Å². The zero-order valence-electron chi connectivity index (χ0n) is 15.9. The molecular weight excluding hydrogens is 378 g/mol. The molecule has 0 radical (unpaired) electrons. The summed E-state index contributed by atoms with van der Waals surface area (Å²) in [5.74, 6) is 0. The standard InChI is InChI=1S/C25H21NS2/c1-27-22-12-8-19(9-13-22)24-16-21(18-6-4-3-5-7-18)17-25(26-24)20-10-14-23(28-2)15-11-20/h3-17H,1-2H3. The topological polar surface area (TPSA) is 12.9 Å². The van der Waals surface area contributed by atoms with Crippen LogP contribution in [0.15, 0.2) is 101 Å². The molecule has 1 nitrogen and oxygen atoms in total. The lowest BCUT2D eigenvalue weighted by atomic mass is 10.00. The Morgan fingerprint density at radius 3 is 1.39 bits per heavy atom. The summed E-state index contributed by atoms with van der Waals surface area (Å²) in [6, 6.07) is 32.1. The summed E-state index contributed by atoms with van der Waals surface area (Å²) in [5.41, 5.74) is 6.66. The fraction of sp³-hybridized carbons (Fsp3) is 0.0800. The molecule has 0 unspecified atom stereocenters. The second-order valence-electron chi connectivity index (χ2n) is 6.45. The molecule has 0 fully saturated rings. The average Bonchev–Trinajstić information content (AvgIpc) is 2.79. The van der Waals surface area contributed by atoms with Crippen molar-refractivity contribution in [3.63, 3.8) is 0 Å². The highest BCUT2D eigenvalue weighted by Crippen LogP contribution is 2.31.